The average Bonchev–Trinajstić information content (AvgIpc) is 2.42. The molecule has 21 heavy (non-hydrogen) atoms. The SMILES string of the molecule is CNC(CCN1CCSC(C)(C)C1)c1ccc(C)c(F)c1. The van der Waals surface area contributed by atoms with Gasteiger partial charge in [-0.15, -0.1) is 0 Å². The van der Waals surface area contributed by atoms with Gasteiger partial charge in [-0.2, -0.15) is 11.8 Å². The van der Waals surface area contributed by atoms with Crippen molar-refractivity contribution >= 4 is 11.8 Å². The van der Waals surface area contributed by atoms with Crippen molar-refractivity contribution in [2.45, 2.75) is 38.0 Å². The number of nitrogens with one attached hydrogen (secondary N) is 1. The van der Waals surface area contributed by atoms with Crippen LogP contribution < -0.4 is 5.32 Å². The predicted octanol–water partition coefficient (Wildman–Crippen LogP) is 3.61. The Morgan fingerprint density at radius 3 is 2.81 bits per heavy atom. The highest BCUT2D eigenvalue weighted by atomic mass is 32.2. The Labute approximate surface area is 132 Å². The van der Waals surface area contributed by atoms with E-state index in [2.05, 4.69) is 35.8 Å². The first-order valence-electron chi connectivity index (χ1n) is 7.71. The van der Waals surface area contributed by atoms with E-state index in [9.17, 15) is 4.39 Å². The lowest BCUT2D eigenvalue weighted by atomic mass is 10.0. The minimum absolute atomic E-state index is 0.108. The van der Waals surface area contributed by atoms with Gasteiger partial charge in [-0.05, 0) is 51.4 Å². The van der Waals surface area contributed by atoms with Crippen molar-refractivity contribution in [1.29, 1.82) is 0 Å². The zero-order chi connectivity index (χ0) is 15.5. The summed E-state index contributed by atoms with van der Waals surface area (Å²) >= 11 is 2.06. The molecule has 0 aromatic heterocycles. The van der Waals surface area contributed by atoms with Gasteiger partial charge in [-0.25, -0.2) is 4.39 Å². The Morgan fingerprint density at radius 1 is 1.43 bits per heavy atom. The van der Waals surface area contributed by atoms with Gasteiger partial charge >= 0.3 is 0 Å². The minimum atomic E-state index is -0.108. The van der Waals surface area contributed by atoms with Gasteiger partial charge in [0.25, 0.3) is 0 Å². The maximum absolute atomic E-state index is 13.7. The normalized spacial score (nSPS) is 20.4. The molecule has 1 fully saturated rings. The van der Waals surface area contributed by atoms with Crippen molar-refractivity contribution in [3.8, 4) is 0 Å². The molecule has 4 heteroatoms. The molecular weight excluding hydrogens is 283 g/mol. The standard InChI is InChI=1S/C17H27FN2S/c1-13-5-6-14(11-15(13)18)16(19-4)7-8-20-9-10-21-17(2,3)12-20/h5-6,11,16,19H,7-10,12H2,1-4H3. The fourth-order valence-electron chi connectivity index (χ4n) is 2.92. The van der Waals surface area contributed by atoms with Gasteiger partial charge in [0.1, 0.15) is 5.82 Å². The highest BCUT2D eigenvalue weighted by molar-refractivity contribution is 8.00. The van der Waals surface area contributed by atoms with Crippen molar-refractivity contribution in [3.63, 3.8) is 0 Å². The number of nitrogens with zero attached hydrogens (tertiary/aromatic N) is 1. The first kappa shape index (κ1) is 16.8. The molecule has 1 saturated heterocycles. The molecule has 1 aliphatic rings. The Balaban J connectivity index is 1.94. The average molecular weight is 310 g/mol. The fraction of sp³-hybridized carbons (Fsp3) is 0.647. The monoisotopic (exact) mass is 310 g/mol. The van der Waals surface area contributed by atoms with Gasteiger partial charge in [0, 0.05) is 36.2 Å². The lowest BCUT2D eigenvalue weighted by Crippen LogP contribution is -2.44. The Kier molecular flexibility index (Phi) is 5.69. The number of benzene rings is 1. The molecule has 1 unspecified atom stereocenters. The highest BCUT2D eigenvalue weighted by Crippen LogP contribution is 2.30. The molecule has 2 nitrogen and oxygen atoms in total. The molecule has 1 atom stereocenters. The second-order valence-electron chi connectivity index (χ2n) is 6.52. The summed E-state index contributed by atoms with van der Waals surface area (Å²) in [4.78, 5) is 2.53. The zero-order valence-corrected chi connectivity index (χ0v) is 14.4. The van der Waals surface area contributed by atoms with Crippen molar-refractivity contribution in [2.75, 3.05) is 32.4 Å². The largest absolute Gasteiger partial charge is 0.313 e. The third-order valence-electron chi connectivity index (χ3n) is 4.19. The van der Waals surface area contributed by atoms with Crippen LogP contribution >= 0.6 is 11.8 Å². The van der Waals surface area contributed by atoms with Crippen molar-refractivity contribution in [1.82, 2.24) is 10.2 Å². The van der Waals surface area contributed by atoms with E-state index in [-0.39, 0.29) is 11.9 Å². The van der Waals surface area contributed by atoms with E-state index in [1.807, 2.05) is 19.2 Å². The van der Waals surface area contributed by atoms with Gasteiger partial charge in [0.15, 0.2) is 0 Å². The number of rotatable bonds is 5. The van der Waals surface area contributed by atoms with Gasteiger partial charge in [-0.1, -0.05) is 12.1 Å². The van der Waals surface area contributed by atoms with Crippen LogP contribution in [0.15, 0.2) is 18.2 Å². The molecular formula is C17H27FN2S. The second-order valence-corrected chi connectivity index (χ2v) is 8.32. The number of aryl methyl sites for hydroxylation is 1. The van der Waals surface area contributed by atoms with E-state index in [0.29, 0.717) is 10.3 Å². The summed E-state index contributed by atoms with van der Waals surface area (Å²) < 4.78 is 14.1. The van der Waals surface area contributed by atoms with Crippen molar-refractivity contribution in [3.05, 3.63) is 35.1 Å². The van der Waals surface area contributed by atoms with Crippen molar-refractivity contribution in [2.24, 2.45) is 0 Å². The first-order valence-corrected chi connectivity index (χ1v) is 8.69. The van der Waals surface area contributed by atoms with Gasteiger partial charge in [0.2, 0.25) is 0 Å². The maximum Gasteiger partial charge on any atom is 0.126 e. The maximum atomic E-state index is 13.7. The number of hydrogen-bond donors (Lipinski definition) is 1. The lowest BCUT2D eigenvalue weighted by Gasteiger charge is -2.38. The molecule has 118 valence electrons. The van der Waals surface area contributed by atoms with Crippen LogP contribution in [-0.4, -0.2) is 42.1 Å². The Bertz CT molecular complexity index is 476. The molecule has 0 aliphatic carbocycles. The molecule has 1 aromatic rings. The summed E-state index contributed by atoms with van der Waals surface area (Å²) in [6, 6.07) is 5.80. The Hall–Kier alpha value is -0.580. The third kappa shape index (κ3) is 4.70. The molecule has 1 N–H and O–H groups in total. The predicted molar refractivity (Wildman–Crippen MR) is 90.5 cm³/mol. The molecule has 0 bridgehead atoms. The first-order chi connectivity index (χ1) is 9.91. The highest BCUT2D eigenvalue weighted by Gasteiger charge is 2.27. The van der Waals surface area contributed by atoms with Crippen LogP contribution in [0.3, 0.4) is 0 Å². The Morgan fingerprint density at radius 2 is 2.19 bits per heavy atom. The second kappa shape index (κ2) is 7.12. The smallest absolute Gasteiger partial charge is 0.126 e. The van der Waals surface area contributed by atoms with Crippen LogP contribution in [0.5, 0.6) is 0 Å². The van der Waals surface area contributed by atoms with E-state index in [0.717, 1.165) is 31.6 Å². The van der Waals surface area contributed by atoms with Gasteiger partial charge in [-0.3, -0.25) is 0 Å². The molecule has 0 spiro atoms. The third-order valence-corrected chi connectivity index (χ3v) is 5.48. The summed E-state index contributed by atoms with van der Waals surface area (Å²) in [5, 5.41) is 3.33. The summed E-state index contributed by atoms with van der Waals surface area (Å²) in [5.41, 5.74) is 1.76. The summed E-state index contributed by atoms with van der Waals surface area (Å²) in [7, 11) is 1.96. The van der Waals surface area contributed by atoms with E-state index in [1.165, 1.54) is 5.75 Å². The number of hydrogen-bond acceptors (Lipinski definition) is 3. The van der Waals surface area contributed by atoms with Gasteiger partial charge in [0.05, 0.1) is 0 Å². The van der Waals surface area contributed by atoms with Crippen LogP contribution in [0, 0.1) is 12.7 Å². The summed E-state index contributed by atoms with van der Waals surface area (Å²) in [6.07, 6.45) is 1.01. The fourth-order valence-corrected chi connectivity index (χ4v) is 4.10. The minimum Gasteiger partial charge on any atom is -0.313 e. The number of thioether (sulfide) groups is 1. The molecule has 1 aliphatic heterocycles. The quantitative estimate of drug-likeness (QED) is 0.894. The van der Waals surface area contributed by atoms with Crippen LogP contribution in [0.25, 0.3) is 0 Å². The van der Waals surface area contributed by atoms with Crippen LogP contribution in [0.4, 0.5) is 4.39 Å². The van der Waals surface area contributed by atoms with Gasteiger partial charge < -0.3 is 10.2 Å². The van der Waals surface area contributed by atoms with E-state index < -0.39 is 0 Å². The molecule has 0 amide bonds. The molecule has 1 aromatic carbocycles. The zero-order valence-electron chi connectivity index (χ0n) is 13.6. The molecule has 1 heterocycles. The molecule has 0 radical (unpaired) electrons. The molecule has 2 rings (SSSR count). The topological polar surface area (TPSA) is 15.3 Å². The summed E-state index contributed by atoms with van der Waals surface area (Å²) in [6.45, 7) is 9.79. The number of halogens is 1. The van der Waals surface area contributed by atoms with E-state index >= 15 is 0 Å². The van der Waals surface area contributed by atoms with Crippen LogP contribution in [0.1, 0.15) is 37.4 Å². The van der Waals surface area contributed by atoms with Crippen LogP contribution in [0.2, 0.25) is 0 Å². The van der Waals surface area contributed by atoms with Crippen LogP contribution in [-0.2, 0) is 0 Å². The van der Waals surface area contributed by atoms with E-state index in [4.69, 9.17) is 0 Å². The van der Waals surface area contributed by atoms with E-state index in [1.54, 1.807) is 13.0 Å². The summed E-state index contributed by atoms with van der Waals surface area (Å²) in [5.74, 6) is 1.10. The van der Waals surface area contributed by atoms with Crippen molar-refractivity contribution < 1.29 is 4.39 Å². The lowest BCUT2D eigenvalue weighted by molar-refractivity contribution is 0.247. The molecule has 0 saturated carbocycles.